The number of hydrogen-bond donors (Lipinski definition) is 1. The molecule has 0 spiro atoms. The fraction of sp³-hybridized carbons (Fsp3) is 0.333. The first-order valence-electron chi connectivity index (χ1n) is 5.56. The number of hydrogen-bond acceptors (Lipinski definition) is 4. The number of aromatic nitrogens is 3. The summed E-state index contributed by atoms with van der Waals surface area (Å²) in [7, 11) is 1.55. The Kier molecular flexibility index (Phi) is 3.84. The molecule has 0 bridgehead atoms. The lowest BCUT2D eigenvalue weighted by atomic mass is 10.1. The van der Waals surface area contributed by atoms with Crippen LogP contribution in [0.4, 0.5) is 0 Å². The molecule has 96 valence electrons. The maximum Gasteiger partial charge on any atom is 0.163 e. The normalized spacial score (nSPS) is 12.4. The lowest BCUT2D eigenvalue weighted by molar-refractivity contribution is 0.202. The van der Waals surface area contributed by atoms with Crippen LogP contribution in [0, 0.1) is 0 Å². The van der Waals surface area contributed by atoms with Crippen molar-refractivity contribution in [1.82, 2.24) is 14.8 Å². The summed E-state index contributed by atoms with van der Waals surface area (Å²) in [5.41, 5.74) is 1.27. The van der Waals surface area contributed by atoms with E-state index in [0.29, 0.717) is 28.7 Å². The van der Waals surface area contributed by atoms with Gasteiger partial charge in [0.05, 0.1) is 13.3 Å². The third-order valence-electron chi connectivity index (χ3n) is 2.69. The second-order valence-electron chi connectivity index (χ2n) is 3.73. The van der Waals surface area contributed by atoms with Crippen LogP contribution < -0.4 is 4.74 Å². The second kappa shape index (κ2) is 5.37. The molecule has 6 heteroatoms. The van der Waals surface area contributed by atoms with E-state index in [4.69, 9.17) is 16.3 Å². The first kappa shape index (κ1) is 12.9. The van der Waals surface area contributed by atoms with E-state index in [-0.39, 0.29) is 0 Å². The van der Waals surface area contributed by atoms with Gasteiger partial charge >= 0.3 is 0 Å². The van der Waals surface area contributed by atoms with E-state index < -0.39 is 6.10 Å². The van der Waals surface area contributed by atoms with Gasteiger partial charge in [0.2, 0.25) is 0 Å². The third-order valence-corrected chi connectivity index (χ3v) is 2.90. The number of aliphatic hydroxyl groups is 1. The van der Waals surface area contributed by atoms with Gasteiger partial charge in [-0.25, -0.2) is 4.98 Å². The molecule has 0 aliphatic carbocycles. The van der Waals surface area contributed by atoms with E-state index in [1.54, 1.807) is 36.3 Å². The predicted molar refractivity (Wildman–Crippen MR) is 67.8 cm³/mol. The van der Waals surface area contributed by atoms with Gasteiger partial charge in [-0.1, -0.05) is 11.6 Å². The Hall–Kier alpha value is -1.59. The summed E-state index contributed by atoms with van der Waals surface area (Å²) in [6.07, 6.45) is 2.30. The van der Waals surface area contributed by atoms with Gasteiger partial charge in [-0.3, -0.25) is 4.68 Å². The molecule has 0 radical (unpaired) electrons. The summed E-state index contributed by atoms with van der Waals surface area (Å²) in [4.78, 5) is 3.89. The number of nitrogens with zero attached hydrogens (tertiary/aromatic N) is 3. The topological polar surface area (TPSA) is 60.2 Å². The third kappa shape index (κ3) is 2.32. The second-order valence-corrected chi connectivity index (χ2v) is 4.12. The fourth-order valence-corrected chi connectivity index (χ4v) is 1.99. The Morgan fingerprint density at radius 2 is 2.33 bits per heavy atom. The standard InChI is InChI=1S/C12H14ClN3O2/c1-3-16-11(9(18-2)7-15-16)12(17)8-4-5-14-10(13)6-8/h4-7,12,17H,3H2,1-2H3. The molecule has 0 aliphatic rings. The summed E-state index contributed by atoms with van der Waals surface area (Å²) < 4.78 is 6.90. The monoisotopic (exact) mass is 267 g/mol. The van der Waals surface area contributed by atoms with Crippen LogP contribution in [0.15, 0.2) is 24.5 Å². The number of pyridine rings is 1. The first-order chi connectivity index (χ1) is 8.67. The Bertz CT molecular complexity index is 520. The molecular weight excluding hydrogens is 254 g/mol. The molecule has 2 rings (SSSR count). The van der Waals surface area contributed by atoms with Crippen LogP contribution in [0.2, 0.25) is 5.15 Å². The van der Waals surface area contributed by atoms with Crippen LogP contribution in [0.5, 0.6) is 5.75 Å². The van der Waals surface area contributed by atoms with E-state index in [1.165, 1.54) is 0 Å². The van der Waals surface area contributed by atoms with Crippen molar-refractivity contribution in [3.63, 3.8) is 0 Å². The van der Waals surface area contributed by atoms with E-state index in [9.17, 15) is 5.11 Å². The minimum atomic E-state index is -0.845. The molecule has 1 unspecified atom stereocenters. The first-order valence-corrected chi connectivity index (χ1v) is 5.94. The van der Waals surface area contributed by atoms with Crippen LogP contribution in [0.3, 0.4) is 0 Å². The van der Waals surface area contributed by atoms with Gasteiger partial charge in [-0.05, 0) is 24.6 Å². The van der Waals surface area contributed by atoms with Crippen molar-refractivity contribution in [2.24, 2.45) is 0 Å². The van der Waals surface area contributed by atoms with E-state index in [1.807, 2.05) is 6.92 Å². The Morgan fingerprint density at radius 1 is 1.56 bits per heavy atom. The van der Waals surface area contributed by atoms with Gasteiger partial charge < -0.3 is 9.84 Å². The molecule has 0 fully saturated rings. The SMILES string of the molecule is CCn1ncc(OC)c1C(O)c1ccnc(Cl)c1. The number of rotatable bonds is 4. The molecule has 0 saturated carbocycles. The molecule has 0 amide bonds. The summed E-state index contributed by atoms with van der Waals surface area (Å²) in [5, 5.41) is 14.9. The fourth-order valence-electron chi connectivity index (χ4n) is 1.81. The summed E-state index contributed by atoms with van der Waals surface area (Å²) in [6, 6.07) is 3.33. The maximum atomic E-state index is 10.4. The maximum absolute atomic E-state index is 10.4. The highest BCUT2D eigenvalue weighted by molar-refractivity contribution is 6.29. The van der Waals surface area contributed by atoms with Crippen LogP contribution in [0.1, 0.15) is 24.3 Å². The summed E-state index contributed by atoms with van der Waals surface area (Å²) in [6.45, 7) is 2.59. The van der Waals surface area contributed by atoms with Gasteiger partial charge in [-0.2, -0.15) is 5.10 Å². The minimum Gasteiger partial charge on any atom is -0.493 e. The van der Waals surface area contributed by atoms with E-state index in [2.05, 4.69) is 10.1 Å². The zero-order chi connectivity index (χ0) is 13.1. The zero-order valence-electron chi connectivity index (χ0n) is 10.2. The molecule has 0 saturated heterocycles. The van der Waals surface area contributed by atoms with Crippen molar-refractivity contribution < 1.29 is 9.84 Å². The van der Waals surface area contributed by atoms with Crippen LogP contribution in [0.25, 0.3) is 0 Å². The average molecular weight is 268 g/mol. The van der Waals surface area contributed by atoms with Crippen molar-refractivity contribution in [3.05, 3.63) is 40.9 Å². The number of ether oxygens (including phenoxy) is 1. The number of aryl methyl sites for hydroxylation is 1. The van der Waals surface area contributed by atoms with E-state index >= 15 is 0 Å². The molecule has 0 aliphatic heterocycles. The van der Waals surface area contributed by atoms with Crippen LogP contribution in [-0.2, 0) is 6.54 Å². The lowest BCUT2D eigenvalue weighted by Gasteiger charge is -2.14. The van der Waals surface area contributed by atoms with Crippen LogP contribution in [-0.4, -0.2) is 27.0 Å². The number of aliphatic hydroxyl groups excluding tert-OH is 1. The molecular formula is C12H14ClN3O2. The molecule has 1 atom stereocenters. The quantitative estimate of drug-likeness (QED) is 0.862. The van der Waals surface area contributed by atoms with Gasteiger partial charge in [-0.15, -0.1) is 0 Å². The van der Waals surface area contributed by atoms with Crippen molar-refractivity contribution in [3.8, 4) is 5.75 Å². The number of methoxy groups -OCH3 is 1. The van der Waals surface area contributed by atoms with Gasteiger partial charge in [0.1, 0.15) is 17.0 Å². The smallest absolute Gasteiger partial charge is 0.163 e. The minimum absolute atomic E-state index is 0.341. The van der Waals surface area contributed by atoms with Crippen molar-refractivity contribution >= 4 is 11.6 Å². The average Bonchev–Trinajstić information content (AvgIpc) is 2.80. The largest absolute Gasteiger partial charge is 0.493 e. The highest BCUT2D eigenvalue weighted by Crippen LogP contribution is 2.30. The van der Waals surface area contributed by atoms with Gasteiger partial charge in [0.15, 0.2) is 5.75 Å². The van der Waals surface area contributed by atoms with Crippen LogP contribution >= 0.6 is 11.6 Å². The molecule has 5 nitrogen and oxygen atoms in total. The Balaban J connectivity index is 2.44. The Morgan fingerprint density at radius 3 is 2.94 bits per heavy atom. The molecule has 2 heterocycles. The highest BCUT2D eigenvalue weighted by Gasteiger charge is 2.21. The Labute approximate surface area is 110 Å². The zero-order valence-corrected chi connectivity index (χ0v) is 10.9. The summed E-state index contributed by atoms with van der Waals surface area (Å²) >= 11 is 5.82. The molecule has 18 heavy (non-hydrogen) atoms. The lowest BCUT2D eigenvalue weighted by Crippen LogP contribution is -2.10. The molecule has 1 N–H and O–H groups in total. The van der Waals surface area contributed by atoms with Crippen molar-refractivity contribution in [1.29, 1.82) is 0 Å². The number of halogens is 1. The van der Waals surface area contributed by atoms with Gasteiger partial charge in [0.25, 0.3) is 0 Å². The van der Waals surface area contributed by atoms with Crippen molar-refractivity contribution in [2.45, 2.75) is 19.6 Å². The molecule has 2 aromatic heterocycles. The van der Waals surface area contributed by atoms with Crippen molar-refractivity contribution in [2.75, 3.05) is 7.11 Å². The predicted octanol–water partition coefficient (Wildman–Crippen LogP) is 2.04. The highest BCUT2D eigenvalue weighted by atomic mass is 35.5. The molecule has 0 aromatic carbocycles. The van der Waals surface area contributed by atoms with Gasteiger partial charge in [0, 0.05) is 12.7 Å². The summed E-state index contributed by atoms with van der Waals surface area (Å²) in [5.74, 6) is 0.553. The molecule has 2 aromatic rings. The van der Waals surface area contributed by atoms with E-state index in [0.717, 1.165) is 0 Å².